The maximum Gasteiger partial charge on any atom is 0.183 e. The van der Waals surface area contributed by atoms with Crippen LogP contribution >= 0.6 is 0 Å². The lowest BCUT2D eigenvalue weighted by Crippen LogP contribution is -2.35. The second-order valence-corrected chi connectivity index (χ2v) is 9.93. The Morgan fingerprint density at radius 3 is 1.90 bits per heavy atom. The van der Waals surface area contributed by atoms with Crippen molar-refractivity contribution in [1.29, 1.82) is 0 Å². The van der Waals surface area contributed by atoms with Gasteiger partial charge in [-0.25, -0.2) is 0 Å². The van der Waals surface area contributed by atoms with Gasteiger partial charge in [0.05, 0.1) is 17.5 Å². The number of carbonyl (C=O) groups is 3. The number of piperidine rings is 1. The Bertz CT molecular complexity index is 1430. The number of aliphatic hydroxyl groups is 1. The Morgan fingerprint density at radius 1 is 0.795 bits per heavy atom. The van der Waals surface area contributed by atoms with E-state index in [1.54, 1.807) is 12.1 Å². The van der Waals surface area contributed by atoms with Gasteiger partial charge in [0, 0.05) is 48.6 Å². The molecule has 3 aromatic carbocycles. The van der Waals surface area contributed by atoms with Gasteiger partial charge in [-0.05, 0) is 84.6 Å². The number of rotatable bonds is 10. The monoisotopic (exact) mass is 521 g/mol. The van der Waals surface area contributed by atoms with Crippen LogP contribution < -0.4 is 10.2 Å². The molecule has 3 N–H and O–H groups in total. The van der Waals surface area contributed by atoms with Gasteiger partial charge in [-0.3, -0.25) is 14.4 Å². The van der Waals surface area contributed by atoms with Crippen molar-refractivity contribution in [2.75, 3.05) is 23.3 Å². The minimum Gasteiger partial charge on any atom is -0.393 e. The Hall–Kier alpha value is -4.49. The quantitative estimate of drug-likeness (QED) is 0.191. The van der Waals surface area contributed by atoms with E-state index in [0.717, 1.165) is 54.1 Å². The van der Waals surface area contributed by atoms with Gasteiger partial charge >= 0.3 is 0 Å². The van der Waals surface area contributed by atoms with Crippen molar-refractivity contribution >= 4 is 34.9 Å². The van der Waals surface area contributed by atoms with Crippen molar-refractivity contribution in [2.24, 2.45) is 0 Å². The molecule has 1 fully saturated rings. The van der Waals surface area contributed by atoms with Crippen LogP contribution in [0.15, 0.2) is 84.9 Å². The highest BCUT2D eigenvalue weighted by molar-refractivity contribution is 5.98. The number of carbonyl (C=O) groups excluding carboxylic acids is 3. The maximum atomic E-state index is 12.8. The minimum atomic E-state index is -0.207. The largest absolute Gasteiger partial charge is 0.393 e. The molecular formula is C32H31N3O4. The van der Waals surface area contributed by atoms with E-state index in [1.807, 2.05) is 72.8 Å². The van der Waals surface area contributed by atoms with Crippen molar-refractivity contribution in [1.82, 2.24) is 4.98 Å². The number of H-pyrrole nitrogens is 1. The lowest BCUT2D eigenvalue weighted by molar-refractivity contribution is 0.0982. The van der Waals surface area contributed by atoms with Gasteiger partial charge < -0.3 is 20.3 Å². The van der Waals surface area contributed by atoms with Gasteiger partial charge in [-0.2, -0.15) is 0 Å². The maximum absolute atomic E-state index is 12.8. The molecule has 1 aliphatic heterocycles. The van der Waals surface area contributed by atoms with Gasteiger partial charge in [0.15, 0.2) is 17.9 Å². The van der Waals surface area contributed by atoms with Crippen LogP contribution in [-0.4, -0.2) is 47.1 Å². The SMILES string of the molecule is O=Cc1ccc(C(=O)Cc2ccc(Nc3ccc(CC(=O)c4ccc(N5CCC(O)CC5)cc4)cc3)cc2)[nH]1. The zero-order chi connectivity index (χ0) is 27.2. The molecule has 5 rings (SSSR count). The fourth-order valence-corrected chi connectivity index (χ4v) is 4.77. The number of Topliss-reactive ketones (excluding diaryl/α,β-unsaturated/α-hetero) is 2. The standard InChI is InChI=1S/C32H31N3O4/c36-21-27-11-14-30(34-27)32(39)20-23-3-9-26(10-4-23)33-25-7-1-22(2-8-25)19-31(38)24-5-12-28(13-6-24)35-17-15-29(37)16-18-35/h1-14,21,29,33-34,37H,15-20H2. The molecule has 1 aliphatic rings. The van der Waals surface area contributed by atoms with Crippen LogP contribution in [0.5, 0.6) is 0 Å². The first-order valence-corrected chi connectivity index (χ1v) is 13.2. The number of hydrogen-bond donors (Lipinski definition) is 3. The smallest absolute Gasteiger partial charge is 0.183 e. The fourth-order valence-electron chi connectivity index (χ4n) is 4.77. The molecule has 0 aliphatic carbocycles. The first kappa shape index (κ1) is 26.1. The van der Waals surface area contributed by atoms with E-state index in [9.17, 15) is 19.5 Å². The second-order valence-electron chi connectivity index (χ2n) is 9.93. The van der Waals surface area contributed by atoms with E-state index < -0.39 is 0 Å². The van der Waals surface area contributed by atoms with Gasteiger partial charge in [-0.15, -0.1) is 0 Å². The van der Waals surface area contributed by atoms with E-state index in [2.05, 4.69) is 15.2 Å². The summed E-state index contributed by atoms with van der Waals surface area (Å²) in [5.41, 5.74) is 6.20. The highest BCUT2D eigenvalue weighted by Crippen LogP contribution is 2.22. The van der Waals surface area contributed by atoms with Crippen LogP contribution in [-0.2, 0) is 12.8 Å². The normalized spacial score (nSPS) is 13.7. The lowest BCUT2D eigenvalue weighted by Gasteiger charge is -2.31. The number of anilines is 3. The summed E-state index contributed by atoms with van der Waals surface area (Å²) in [6.07, 6.45) is 2.60. The molecular weight excluding hydrogens is 490 g/mol. The highest BCUT2D eigenvalue weighted by Gasteiger charge is 2.17. The number of hydrogen-bond acceptors (Lipinski definition) is 6. The van der Waals surface area contributed by atoms with Gasteiger partial charge in [0.1, 0.15) is 0 Å². The van der Waals surface area contributed by atoms with Crippen LogP contribution in [0.2, 0.25) is 0 Å². The first-order chi connectivity index (χ1) is 19.0. The van der Waals surface area contributed by atoms with Crippen molar-refractivity contribution in [3.05, 3.63) is 113 Å². The topological polar surface area (TPSA) is 102 Å². The minimum absolute atomic E-state index is 0.0724. The number of aliphatic hydroxyl groups excluding tert-OH is 1. The molecule has 0 amide bonds. The summed E-state index contributed by atoms with van der Waals surface area (Å²) in [5, 5.41) is 13.0. The molecule has 0 atom stereocenters. The molecule has 7 heteroatoms. The number of ketones is 2. The number of nitrogens with zero attached hydrogens (tertiary/aromatic N) is 1. The van der Waals surface area contributed by atoms with Gasteiger partial charge in [-0.1, -0.05) is 24.3 Å². The molecule has 1 saturated heterocycles. The van der Waals surface area contributed by atoms with Crippen LogP contribution in [0.4, 0.5) is 17.1 Å². The first-order valence-electron chi connectivity index (χ1n) is 13.2. The summed E-state index contributed by atoms with van der Waals surface area (Å²) in [5.74, 6) is -0.00387. The summed E-state index contributed by atoms with van der Waals surface area (Å²) in [4.78, 5) is 41.1. The fraction of sp³-hybridized carbons (Fsp3) is 0.219. The number of aldehydes is 1. The number of aromatic amines is 1. The third-order valence-corrected chi connectivity index (χ3v) is 7.08. The molecule has 4 aromatic rings. The molecule has 2 heterocycles. The Morgan fingerprint density at radius 2 is 1.36 bits per heavy atom. The van der Waals surface area contributed by atoms with Gasteiger partial charge in [0.2, 0.25) is 0 Å². The average molecular weight is 522 g/mol. The Labute approximate surface area is 227 Å². The van der Waals surface area contributed by atoms with E-state index in [-0.39, 0.29) is 24.1 Å². The van der Waals surface area contributed by atoms with Crippen molar-refractivity contribution in [3.63, 3.8) is 0 Å². The molecule has 39 heavy (non-hydrogen) atoms. The summed E-state index contributed by atoms with van der Waals surface area (Å²) in [6, 6.07) is 26.4. The summed E-state index contributed by atoms with van der Waals surface area (Å²) < 4.78 is 0. The molecule has 7 nitrogen and oxygen atoms in total. The van der Waals surface area contributed by atoms with Crippen molar-refractivity contribution in [3.8, 4) is 0 Å². The molecule has 1 aromatic heterocycles. The van der Waals surface area contributed by atoms with E-state index >= 15 is 0 Å². The van der Waals surface area contributed by atoms with E-state index in [0.29, 0.717) is 29.7 Å². The molecule has 198 valence electrons. The summed E-state index contributed by atoms with van der Waals surface area (Å²) >= 11 is 0. The van der Waals surface area contributed by atoms with E-state index in [1.165, 1.54) is 0 Å². The molecule has 0 saturated carbocycles. The zero-order valence-electron chi connectivity index (χ0n) is 21.6. The van der Waals surface area contributed by atoms with Crippen LogP contribution in [0, 0.1) is 0 Å². The van der Waals surface area contributed by atoms with Crippen LogP contribution in [0.1, 0.15) is 55.3 Å². The molecule has 0 bridgehead atoms. The lowest BCUT2D eigenvalue weighted by atomic mass is 10.0. The number of benzene rings is 3. The molecule has 0 radical (unpaired) electrons. The Balaban J connectivity index is 1.12. The van der Waals surface area contributed by atoms with Crippen molar-refractivity contribution in [2.45, 2.75) is 31.8 Å². The van der Waals surface area contributed by atoms with Crippen molar-refractivity contribution < 1.29 is 19.5 Å². The molecule has 0 unspecified atom stereocenters. The zero-order valence-corrected chi connectivity index (χ0v) is 21.6. The third kappa shape index (κ3) is 6.69. The van der Waals surface area contributed by atoms with Gasteiger partial charge in [0.25, 0.3) is 0 Å². The summed E-state index contributed by atoms with van der Waals surface area (Å²) in [7, 11) is 0. The number of nitrogens with one attached hydrogen (secondary N) is 2. The highest BCUT2D eigenvalue weighted by atomic mass is 16.3. The van der Waals surface area contributed by atoms with E-state index in [4.69, 9.17) is 0 Å². The average Bonchev–Trinajstić information content (AvgIpc) is 3.45. The molecule has 0 spiro atoms. The number of aromatic nitrogens is 1. The predicted molar refractivity (Wildman–Crippen MR) is 152 cm³/mol. The predicted octanol–water partition coefficient (Wildman–Crippen LogP) is 5.38. The summed E-state index contributed by atoms with van der Waals surface area (Å²) in [6.45, 7) is 1.66. The van der Waals surface area contributed by atoms with Crippen LogP contribution in [0.3, 0.4) is 0 Å². The second kappa shape index (κ2) is 11.9. The third-order valence-electron chi connectivity index (χ3n) is 7.08. The Kier molecular flexibility index (Phi) is 7.99. The van der Waals surface area contributed by atoms with Crippen LogP contribution in [0.25, 0.3) is 0 Å².